The van der Waals surface area contributed by atoms with Crippen molar-refractivity contribution in [2.45, 2.75) is 6.17 Å². The minimum atomic E-state index is -0.327. The molecule has 52 heavy (non-hydrogen) atoms. The van der Waals surface area contributed by atoms with Crippen molar-refractivity contribution in [2.75, 3.05) is 0 Å². The lowest BCUT2D eigenvalue weighted by molar-refractivity contribution is 0.666. The third-order valence-electron chi connectivity index (χ3n) is 10.4. The van der Waals surface area contributed by atoms with Crippen LogP contribution in [0, 0.1) is 0 Å². The van der Waals surface area contributed by atoms with E-state index in [0.717, 1.165) is 55.5 Å². The van der Waals surface area contributed by atoms with E-state index in [9.17, 15) is 0 Å². The second kappa shape index (κ2) is 11.3. The fraction of sp³-hybridized carbons (Fsp3) is 0.0213. The molecule has 1 atom stereocenters. The summed E-state index contributed by atoms with van der Waals surface area (Å²) in [5.74, 6) is 1.44. The summed E-state index contributed by atoms with van der Waals surface area (Å²) in [5.41, 5.74) is 8.07. The van der Waals surface area contributed by atoms with Crippen LogP contribution in [-0.4, -0.2) is 16.2 Å². The van der Waals surface area contributed by atoms with Crippen molar-refractivity contribution >= 4 is 77.0 Å². The van der Waals surface area contributed by atoms with Crippen LogP contribution in [0.3, 0.4) is 0 Å². The summed E-state index contributed by atoms with van der Waals surface area (Å²) in [6.45, 7) is 0. The van der Waals surface area contributed by atoms with Gasteiger partial charge in [-0.15, -0.1) is 0 Å². The number of nitrogens with one attached hydrogen (secondary N) is 1. The molecule has 5 heteroatoms. The molecule has 1 unspecified atom stereocenters. The number of para-hydroxylation sites is 2. The molecule has 0 spiro atoms. The number of rotatable bonds is 4. The van der Waals surface area contributed by atoms with E-state index >= 15 is 0 Å². The van der Waals surface area contributed by atoms with Crippen molar-refractivity contribution in [3.63, 3.8) is 0 Å². The summed E-state index contributed by atoms with van der Waals surface area (Å²) < 4.78 is 9.00. The Balaban J connectivity index is 1.07. The second-order valence-corrected chi connectivity index (χ2v) is 13.5. The summed E-state index contributed by atoms with van der Waals surface area (Å²) in [7, 11) is 0. The van der Waals surface area contributed by atoms with Crippen LogP contribution < -0.4 is 5.32 Å². The zero-order valence-corrected chi connectivity index (χ0v) is 28.0. The minimum absolute atomic E-state index is 0.327. The highest BCUT2D eigenvalue weighted by Crippen LogP contribution is 2.39. The van der Waals surface area contributed by atoms with E-state index < -0.39 is 0 Å². The first-order valence-electron chi connectivity index (χ1n) is 17.6. The van der Waals surface area contributed by atoms with Crippen LogP contribution in [0.15, 0.2) is 184 Å². The van der Waals surface area contributed by atoms with Gasteiger partial charge >= 0.3 is 0 Å². The molecule has 0 aliphatic carbocycles. The predicted octanol–water partition coefficient (Wildman–Crippen LogP) is 11.5. The van der Waals surface area contributed by atoms with Crippen LogP contribution in [0.4, 0.5) is 0 Å². The van der Waals surface area contributed by atoms with Crippen LogP contribution in [0.1, 0.15) is 22.9 Å². The molecule has 8 aromatic carbocycles. The molecule has 11 rings (SSSR count). The lowest BCUT2D eigenvalue weighted by atomic mass is 10.0. The van der Waals surface area contributed by atoms with Gasteiger partial charge in [-0.2, -0.15) is 0 Å². The van der Waals surface area contributed by atoms with Gasteiger partial charge in [-0.25, -0.2) is 9.98 Å². The first-order valence-corrected chi connectivity index (χ1v) is 17.6. The molecule has 1 aliphatic heterocycles. The van der Waals surface area contributed by atoms with Gasteiger partial charge < -0.3 is 14.3 Å². The van der Waals surface area contributed by atoms with E-state index in [1.165, 1.54) is 38.0 Å². The van der Waals surface area contributed by atoms with Gasteiger partial charge in [0.05, 0.1) is 22.1 Å². The molecule has 10 aromatic rings. The molecule has 1 N–H and O–H groups in total. The highest BCUT2D eigenvalue weighted by atomic mass is 16.3. The Labute approximate surface area is 298 Å². The molecule has 5 nitrogen and oxygen atoms in total. The Hall–Kier alpha value is -6.98. The van der Waals surface area contributed by atoms with Crippen LogP contribution in [0.5, 0.6) is 0 Å². The number of amidine groups is 2. The molecule has 0 bridgehead atoms. The molecule has 0 amide bonds. The molecule has 2 aromatic heterocycles. The number of benzene rings is 8. The zero-order chi connectivity index (χ0) is 34.2. The molecular formula is C47H30N4O. The van der Waals surface area contributed by atoms with Gasteiger partial charge in [-0.3, -0.25) is 0 Å². The molecule has 0 saturated heterocycles. The van der Waals surface area contributed by atoms with Gasteiger partial charge in [-0.05, 0) is 75.6 Å². The third-order valence-corrected chi connectivity index (χ3v) is 10.4. The lowest BCUT2D eigenvalue weighted by Crippen LogP contribution is -2.33. The predicted molar refractivity (Wildman–Crippen MR) is 215 cm³/mol. The van der Waals surface area contributed by atoms with Crippen LogP contribution in [0.25, 0.3) is 71.0 Å². The van der Waals surface area contributed by atoms with Crippen molar-refractivity contribution in [2.24, 2.45) is 9.98 Å². The third kappa shape index (κ3) is 4.49. The zero-order valence-electron chi connectivity index (χ0n) is 28.0. The average molecular weight is 667 g/mol. The summed E-state index contributed by atoms with van der Waals surface area (Å²) in [5, 5.41) is 13.0. The van der Waals surface area contributed by atoms with Gasteiger partial charge in [0.2, 0.25) is 0 Å². The largest absolute Gasteiger partial charge is 0.456 e. The number of hydrogen-bond donors (Lipinski definition) is 1. The van der Waals surface area contributed by atoms with Crippen LogP contribution >= 0.6 is 0 Å². The van der Waals surface area contributed by atoms with Crippen molar-refractivity contribution in [1.82, 2.24) is 9.88 Å². The molecule has 0 fully saturated rings. The number of nitrogens with zero attached hydrogens (tertiary/aromatic N) is 3. The van der Waals surface area contributed by atoms with E-state index in [0.29, 0.717) is 5.84 Å². The second-order valence-electron chi connectivity index (χ2n) is 13.5. The topological polar surface area (TPSA) is 54.8 Å². The Morgan fingerprint density at radius 1 is 0.500 bits per heavy atom. The highest BCUT2D eigenvalue weighted by molar-refractivity contribution is 6.17. The molecular weight excluding hydrogens is 637 g/mol. The summed E-state index contributed by atoms with van der Waals surface area (Å²) >= 11 is 0. The highest BCUT2D eigenvalue weighted by Gasteiger charge is 2.23. The van der Waals surface area contributed by atoms with Crippen molar-refractivity contribution < 1.29 is 4.42 Å². The number of aromatic nitrogens is 1. The van der Waals surface area contributed by atoms with E-state index in [4.69, 9.17) is 14.4 Å². The SMILES string of the molecule is c1ccc2cc(C3=NC(c4ccc5ccccc5c4)NC(c4ccc5c(c4)oc4cccc(-n6c7ccccc7c7ccccc76)c45)=N3)ccc2c1. The van der Waals surface area contributed by atoms with Gasteiger partial charge in [0.25, 0.3) is 0 Å². The quantitative estimate of drug-likeness (QED) is 0.203. The maximum atomic E-state index is 6.64. The Bertz CT molecular complexity index is 3070. The van der Waals surface area contributed by atoms with E-state index in [-0.39, 0.29) is 6.17 Å². The molecule has 0 saturated carbocycles. The van der Waals surface area contributed by atoms with E-state index in [1.807, 2.05) is 0 Å². The Morgan fingerprint density at radius 2 is 1.15 bits per heavy atom. The maximum absolute atomic E-state index is 6.64. The lowest BCUT2D eigenvalue weighted by Gasteiger charge is -2.24. The van der Waals surface area contributed by atoms with Gasteiger partial charge in [0, 0.05) is 27.3 Å². The molecule has 1 aliphatic rings. The fourth-order valence-electron chi connectivity index (χ4n) is 7.93. The average Bonchev–Trinajstić information content (AvgIpc) is 3.76. The molecule has 3 heterocycles. The standard InChI is InChI=1S/C47H30N4O/c1-3-12-31-26-33(22-20-29(31)10-1)45-48-46(34-23-21-30-11-2-4-13-32(30)27-34)50-47(49-45)35-24-25-38-43(28-35)52-42-19-9-18-41(44(38)42)51-39-16-7-5-14-36(39)37-15-6-8-17-40(37)51/h1-28,45H,(H,48,49,50). The number of hydrogen-bond acceptors (Lipinski definition) is 4. The normalized spacial score (nSPS) is 14.7. The van der Waals surface area contributed by atoms with Crippen molar-refractivity contribution in [1.29, 1.82) is 0 Å². The monoisotopic (exact) mass is 666 g/mol. The Kier molecular flexibility index (Phi) is 6.25. The smallest absolute Gasteiger partial charge is 0.159 e. The first kappa shape index (κ1) is 28.8. The summed E-state index contributed by atoms with van der Waals surface area (Å²) in [6, 6.07) is 59.8. The van der Waals surface area contributed by atoms with Gasteiger partial charge in [0.15, 0.2) is 5.84 Å². The molecule has 0 radical (unpaired) electrons. The van der Waals surface area contributed by atoms with Crippen LogP contribution in [-0.2, 0) is 0 Å². The van der Waals surface area contributed by atoms with Crippen molar-refractivity contribution in [3.05, 3.63) is 187 Å². The minimum Gasteiger partial charge on any atom is -0.456 e. The maximum Gasteiger partial charge on any atom is 0.159 e. The summed E-state index contributed by atoms with van der Waals surface area (Å²) in [6.07, 6.45) is -0.327. The summed E-state index contributed by atoms with van der Waals surface area (Å²) in [4.78, 5) is 10.4. The van der Waals surface area contributed by atoms with Gasteiger partial charge in [0.1, 0.15) is 23.2 Å². The van der Waals surface area contributed by atoms with E-state index in [1.54, 1.807) is 0 Å². The number of fused-ring (bicyclic) bond motifs is 8. The fourth-order valence-corrected chi connectivity index (χ4v) is 7.93. The molecule has 244 valence electrons. The number of furan rings is 1. The van der Waals surface area contributed by atoms with E-state index in [2.05, 4.69) is 180 Å². The first-order chi connectivity index (χ1) is 25.7. The van der Waals surface area contributed by atoms with Gasteiger partial charge in [-0.1, -0.05) is 121 Å². The Morgan fingerprint density at radius 3 is 1.92 bits per heavy atom. The van der Waals surface area contributed by atoms with Crippen molar-refractivity contribution in [3.8, 4) is 5.69 Å². The van der Waals surface area contributed by atoms with Crippen LogP contribution in [0.2, 0.25) is 0 Å². The number of aliphatic imine (C=N–C) groups is 2.